The van der Waals surface area contributed by atoms with E-state index in [9.17, 15) is 4.79 Å². The fourth-order valence-corrected chi connectivity index (χ4v) is 1.88. The van der Waals surface area contributed by atoms with Crippen molar-refractivity contribution in [2.45, 2.75) is 0 Å². The molecule has 22 valence electrons. The first kappa shape index (κ1) is 3.53. The third-order valence-corrected chi connectivity index (χ3v) is 4.94. The second kappa shape index (κ2) is 1.21. The molecule has 0 N–H and O–H groups in total. The molecule has 0 fully saturated rings. The Bertz CT molecular complexity index is 84.9. The first-order valence-corrected chi connectivity index (χ1v) is 7.51. The Balaban J connectivity index is 2.71. The number of carbonyl (C=O) groups is 1. The van der Waals surface area contributed by atoms with Crippen LogP contribution in [0, 0.1) is 0 Å². The van der Waals surface area contributed by atoms with Gasteiger partial charge in [0.25, 0.3) is 0 Å². The van der Waals surface area contributed by atoms with Crippen LogP contribution in [0.25, 0.3) is 0 Å². The van der Waals surface area contributed by atoms with Crippen molar-refractivity contribution in [2.24, 2.45) is 0 Å². The molecule has 0 spiro atoms. The Morgan fingerprint density at radius 1 is 1.80 bits per heavy atom. The van der Waals surface area contributed by atoms with Crippen LogP contribution >= 0.6 is 0 Å². The number of rotatable bonds is 0. The summed E-state index contributed by atoms with van der Waals surface area (Å²) in [5, 5.41) is 0. The van der Waals surface area contributed by atoms with Crippen molar-refractivity contribution in [3.63, 3.8) is 0 Å². The predicted molar refractivity (Wildman–Crippen MR) is 14.1 cm³/mol. The van der Waals surface area contributed by atoms with E-state index in [0.29, 0.717) is 3.29 Å². The molecule has 0 amide bonds. The van der Waals surface area contributed by atoms with E-state index in [1.807, 2.05) is 0 Å². The van der Waals surface area contributed by atoms with E-state index in [4.69, 9.17) is 0 Å². The third kappa shape index (κ3) is 0.594. The molecule has 0 atom stereocenters. The van der Waals surface area contributed by atoms with Gasteiger partial charge in [0.05, 0.1) is 0 Å². The zero-order valence-electron chi connectivity index (χ0n) is 2.77. The molecule has 1 nitrogen and oxygen atoms in total. The van der Waals surface area contributed by atoms with Crippen LogP contribution in [0.15, 0.2) is 9.66 Å². The molecule has 0 saturated carbocycles. The molecule has 0 aliphatic carbocycles. The second-order valence-corrected chi connectivity index (χ2v) is 7.20. The number of hydrogen-bond acceptors (Lipinski definition) is 1. The Morgan fingerprint density at radius 2 is 2.20 bits per heavy atom. The fourth-order valence-electron chi connectivity index (χ4n) is 0.214. The quantitative estimate of drug-likeness (QED) is 0.562. The first-order valence-electron chi connectivity index (χ1n) is 1.59. The van der Waals surface area contributed by atoms with Crippen LogP contribution in [0.4, 0.5) is 0 Å². The summed E-state index contributed by atoms with van der Waals surface area (Å²) in [7, 11) is 0. The van der Waals surface area contributed by atoms with Gasteiger partial charge in [0.2, 0.25) is 0 Å². The SMILES string of the molecule is O=[C]1C=[CH][Hg]1. The molecule has 5 heavy (non-hydrogen) atoms. The van der Waals surface area contributed by atoms with Crippen LogP contribution < -0.4 is 0 Å². The zero-order chi connectivity index (χ0) is 3.70. The number of hydrogen-bond donors (Lipinski definition) is 0. The van der Waals surface area contributed by atoms with Crippen molar-refractivity contribution in [1.82, 2.24) is 0 Å². The topological polar surface area (TPSA) is 17.1 Å². The van der Waals surface area contributed by atoms with Gasteiger partial charge in [-0.1, -0.05) is 0 Å². The van der Waals surface area contributed by atoms with Crippen molar-refractivity contribution < 1.29 is 29.4 Å². The summed E-state index contributed by atoms with van der Waals surface area (Å²) in [5.74, 6) is 0. The van der Waals surface area contributed by atoms with E-state index >= 15 is 0 Å². The molecule has 0 aromatic rings. The van der Waals surface area contributed by atoms with Crippen LogP contribution in [-0.4, -0.2) is 3.29 Å². The average molecular weight is 255 g/mol. The van der Waals surface area contributed by atoms with Crippen molar-refractivity contribution in [3.05, 3.63) is 9.66 Å². The Morgan fingerprint density at radius 3 is 2.20 bits per heavy atom. The summed E-state index contributed by atoms with van der Waals surface area (Å²) in [4.78, 5) is 9.91. The Hall–Kier alpha value is 0.345. The van der Waals surface area contributed by atoms with Gasteiger partial charge in [-0.15, -0.1) is 0 Å². The molecule has 0 unspecified atom stereocenters. The summed E-state index contributed by atoms with van der Waals surface area (Å²) in [5.41, 5.74) is 0. The maximum absolute atomic E-state index is 9.91. The number of carbonyl (C=O) groups excluding carboxylic acids is 1. The Labute approximate surface area is 42.5 Å². The second-order valence-electron chi connectivity index (χ2n) is 1.07. The van der Waals surface area contributed by atoms with Gasteiger partial charge in [0.15, 0.2) is 0 Å². The molecule has 1 rings (SSSR count). The molecule has 1 heterocycles. The minimum atomic E-state index is -0.864. The van der Waals surface area contributed by atoms with E-state index in [1.54, 1.807) is 6.08 Å². The summed E-state index contributed by atoms with van der Waals surface area (Å²) in [6.07, 6.45) is 1.68. The zero-order valence-corrected chi connectivity index (χ0v) is 8.27. The van der Waals surface area contributed by atoms with E-state index in [0.717, 1.165) is 0 Å². The molecular weight excluding hydrogens is 253 g/mol. The summed E-state index contributed by atoms with van der Waals surface area (Å²) in [6, 6.07) is 0. The van der Waals surface area contributed by atoms with Gasteiger partial charge in [-0.25, -0.2) is 0 Å². The number of allylic oxidation sites excluding steroid dienone is 1. The van der Waals surface area contributed by atoms with Crippen molar-refractivity contribution >= 4 is 3.29 Å². The van der Waals surface area contributed by atoms with E-state index in [2.05, 4.69) is 3.58 Å². The molecule has 0 saturated heterocycles. The monoisotopic (exact) mass is 256 g/mol. The van der Waals surface area contributed by atoms with Crippen molar-refractivity contribution in [2.75, 3.05) is 0 Å². The van der Waals surface area contributed by atoms with Crippen LogP contribution in [0.1, 0.15) is 0 Å². The van der Waals surface area contributed by atoms with E-state index in [-0.39, 0.29) is 0 Å². The normalized spacial score (nSPS) is 15.6. The molecule has 0 radical (unpaired) electrons. The molecule has 2 heteroatoms. The van der Waals surface area contributed by atoms with Crippen molar-refractivity contribution in [3.8, 4) is 0 Å². The molecule has 1 aliphatic rings. The standard InChI is InChI=1S/C3H2O.Hg/c1-2-3-4;/h1-2H;. The molecule has 0 aromatic carbocycles. The van der Waals surface area contributed by atoms with Gasteiger partial charge in [0, 0.05) is 0 Å². The third-order valence-electron chi connectivity index (χ3n) is 0.623. The summed E-state index contributed by atoms with van der Waals surface area (Å²) < 4.78 is 2.55. The van der Waals surface area contributed by atoms with Gasteiger partial charge in [0.1, 0.15) is 0 Å². The fraction of sp³-hybridized carbons (Fsp3) is 0. The van der Waals surface area contributed by atoms with Gasteiger partial charge in [-0.3, -0.25) is 0 Å². The van der Waals surface area contributed by atoms with Gasteiger partial charge >= 0.3 is 42.3 Å². The van der Waals surface area contributed by atoms with Crippen LogP contribution in [0.3, 0.4) is 0 Å². The summed E-state index contributed by atoms with van der Waals surface area (Å²) in [6.45, 7) is 0. The van der Waals surface area contributed by atoms with Gasteiger partial charge in [-0.2, -0.15) is 0 Å². The average Bonchev–Trinajstić information content (AvgIpc) is 1.30. The minimum absolute atomic E-state index is 0.477. The maximum atomic E-state index is 9.91. The molecular formula is C3H2HgO. The van der Waals surface area contributed by atoms with Gasteiger partial charge in [-0.05, 0) is 0 Å². The predicted octanol–water partition coefficient (Wildman–Crippen LogP) is 0.123. The van der Waals surface area contributed by atoms with Gasteiger partial charge < -0.3 is 0 Å². The first-order chi connectivity index (χ1) is 2.39. The Kier molecular flexibility index (Phi) is 0.853. The van der Waals surface area contributed by atoms with Crippen LogP contribution in [0.5, 0.6) is 0 Å². The van der Waals surface area contributed by atoms with Crippen LogP contribution in [-0.2, 0) is 29.4 Å². The van der Waals surface area contributed by atoms with Crippen molar-refractivity contribution in [1.29, 1.82) is 0 Å². The molecule has 1 aliphatic heterocycles. The summed E-state index contributed by atoms with van der Waals surface area (Å²) >= 11 is -0.864. The van der Waals surface area contributed by atoms with Crippen LogP contribution in [0.2, 0.25) is 0 Å². The van der Waals surface area contributed by atoms with E-state index < -0.39 is 24.6 Å². The van der Waals surface area contributed by atoms with E-state index in [1.165, 1.54) is 0 Å². The molecule has 0 aromatic heterocycles. The molecule has 0 bridgehead atoms.